The number of hydrogen-bond acceptors (Lipinski definition) is 1. The molecule has 0 heterocycles. The second-order valence-corrected chi connectivity index (χ2v) is 4.87. The Balaban J connectivity index is 1.74. The largest absolute Gasteiger partial charge is 0.373 e. The quantitative estimate of drug-likeness (QED) is 0.729. The van der Waals surface area contributed by atoms with Crippen LogP contribution in [0.2, 0.25) is 0 Å². The maximum atomic E-state index is 5.57. The zero-order chi connectivity index (χ0) is 12.6. The van der Waals surface area contributed by atoms with E-state index >= 15 is 0 Å². The van der Waals surface area contributed by atoms with E-state index in [1.54, 1.807) is 0 Å². The van der Waals surface area contributed by atoms with Crippen LogP contribution in [0.25, 0.3) is 6.08 Å². The normalized spacial score (nSPS) is 10.9. The predicted molar refractivity (Wildman–Crippen MR) is 79.3 cm³/mol. The van der Waals surface area contributed by atoms with E-state index in [2.05, 4.69) is 46.3 Å². The van der Waals surface area contributed by atoms with Crippen LogP contribution in [0, 0.1) is 0 Å². The molecule has 2 aromatic carbocycles. The Labute approximate surface area is 116 Å². The van der Waals surface area contributed by atoms with Crippen LogP contribution in [0.15, 0.2) is 65.1 Å². The topological polar surface area (TPSA) is 9.23 Å². The molecule has 0 fully saturated rings. The minimum Gasteiger partial charge on any atom is -0.373 e. The van der Waals surface area contributed by atoms with Crippen molar-refractivity contribution in [1.29, 1.82) is 0 Å². The standard InChI is InChI=1S/C16H15BrO/c17-16-10-8-14(9-11-16)7-4-12-18-13-15-5-2-1-3-6-15/h1-11H,12-13H2/b7-4-. The molecule has 0 bridgehead atoms. The van der Waals surface area contributed by atoms with Gasteiger partial charge in [-0.1, -0.05) is 70.5 Å². The van der Waals surface area contributed by atoms with Gasteiger partial charge in [0.1, 0.15) is 0 Å². The molecule has 0 saturated carbocycles. The molecule has 0 aliphatic heterocycles. The lowest BCUT2D eigenvalue weighted by Crippen LogP contribution is -1.91. The van der Waals surface area contributed by atoms with Gasteiger partial charge in [0.2, 0.25) is 0 Å². The van der Waals surface area contributed by atoms with Gasteiger partial charge in [-0.25, -0.2) is 0 Å². The zero-order valence-corrected chi connectivity index (χ0v) is 11.6. The van der Waals surface area contributed by atoms with Gasteiger partial charge < -0.3 is 4.74 Å². The lowest BCUT2D eigenvalue weighted by atomic mass is 10.2. The van der Waals surface area contributed by atoms with Crippen molar-refractivity contribution < 1.29 is 4.74 Å². The fourth-order valence-electron chi connectivity index (χ4n) is 1.58. The summed E-state index contributed by atoms with van der Waals surface area (Å²) in [7, 11) is 0. The minimum absolute atomic E-state index is 0.630. The Morgan fingerprint density at radius 3 is 2.39 bits per heavy atom. The van der Waals surface area contributed by atoms with Gasteiger partial charge in [-0.05, 0) is 23.3 Å². The monoisotopic (exact) mass is 302 g/mol. The summed E-state index contributed by atoms with van der Waals surface area (Å²) in [5, 5.41) is 0. The number of ether oxygens (including phenoxy) is 1. The highest BCUT2D eigenvalue weighted by atomic mass is 79.9. The highest BCUT2D eigenvalue weighted by Crippen LogP contribution is 2.11. The molecule has 0 spiro atoms. The molecule has 92 valence electrons. The van der Waals surface area contributed by atoms with E-state index in [-0.39, 0.29) is 0 Å². The third-order valence-electron chi connectivity index (χ3n) is 2.51. The van der Waals surface area contributed by atoms with Crippen molar-refractivity contribution in [2.45, 2.75) is 6.61 Å². The maximum Gasteiger partial charge on any atom is 0.0721 e. The Kier molecular flexibility index (Phi) is 5.18. The van der Waals surface area contributed by atoms with Crippen LogP contribution in [0.1, 0.15) is 11.1 Å². The van der Waals surface area contributed by atoms with Crippen molar-refractivity contribution in [2.75, 3.05) is 6.61 Å². The van der Waals surface area contributed by atoms with Crippen LogP contribution >= 0.6 is 15.9 Å². The summed E-state index contributed by atoms with van der Waals surface area (Å²) < 4.78 is 6.67. The first-order chi connectivity index (χ1) is 8.84. The molecule has 0 atom stereocenters. The summed E-state index contributed by atoms with van der Waals surface area (Å²) in [4.78, 5) is 0. The van der Waals surface area contributed by atoms with Crippen LogP contribution in [-0.2, 0) is 11.3 Å². The van der Waals surface area contributed by atoms with Gasteiger partial charge in [0, 0.05) is 4.47 Å². The average Bonchev–Trinajstić information content (AvgIpc) is 2.42. The van der Waals surface area contributed by atoms with Gasteiger partial charge in [0.05, 0.1) is 13.2 Å². The molecular weight excluding hydrogens is 288 g/mol. The van der Waals surface area contributed by atoms with E-state index in [1.165, 1.54) is 11.1 Å². The van der Waals surface area contributed by atoms with E-state index in [1.807, 2.05) is 36.4 Å². The summed E-state index contributed by atoms with van der Waals surface area (Å²) >= 11 is 3.42. The van der Waals surface area contributed by atoms with Gasteiger partial charge in [0.25, 0.3) is 0 Å². The van der Waals surface area contributed by atoms with Gasteiger partial charge in [-0.3, -0.25) is 0 Å². The molecule has 2 heteroatoms. The molecule has 2 aromatic rings. The van der Waals surface area contributed by atoms with Gasteiger partial charge in [0.15, 0.2) is 0 Å². The molecule has 0 N–H and O–H groups in total. The van der Waals surface area contributed by atoms with Crippen molar-refractivity contribution in [3.8, 4) is 0 Å². The lowest BCUT2D eigenvalue weighted by Gasteiger charge is -2.00. The molecule has 0 aliphatic carbocycles. The molecule has 0 saturated heterocycles. The first-order valence-electron chi connectivity index (χ1n) is 5.88. The second-order valence-electron chi connectivity index (χ2n) is 3.95. The van der Waals surface area contributed by atoms with Gasteiger partial charge in [-0.2, -0.15) is 0 Å². The second kappa shape index (κ2) is 7.14. The van der Waals surface area contributed by atoms with E-state index in [4.69, 9.17) is 4.74 Å². The summed E-state index contributed by atoms with van der Waals surface area (Å²) in [5.74, 6) is 0. The van der Waals surface area contributed by atoms with E-state index in [0.29, 0.717) is 13.2 Å². The summed E-state index contributed by atoms with van der Waals surface area (Å²) in [6.45, 7) is 1.29. The van der Waals surface area contributed by atoms with Crippen molar-refractivity contribution >= 4 is 22.0 Å². The SMILES string of the molecule is Brc1ccc(/C=C\COCc2ccccc2)cc1. The summed E-state index contributed by atoms with van der Waals surface area (Å²) in [6.07, 6.45) is 4.10. The highest BCUT2D eigenvalue weighted by Gasteiger charge is 1.90. The highest BCUT2D eigenvalue weighted by molar-refractivity contribution is 9.10. The van der Waals surface area contributed by atoms with Crippen LogP contribution < -0.4 is 0 Å². The molecule has 2 rings (SSSR count). The Morgan fingerprint density at radius 2 is 1.67 bits per heavy atom. The fourth-order valence-corrected chi connectivity index (χ4v) is 1.84. The molecule has 0 aromatic heterocycles. The van der Waals surface area contributed by atoms with Crippen LogP contribution in [-0.4, -0.2) is 6.61 Å². The average molecular weight is 303 g/mol. The first kappa shape index (κ1) is 13.1. The third kappa shape index (κ3) is 4.47. The Morgan fingerprint density at radius 1 is 0.944 bits per heavy atom. The van der Waals surface area contributed by atoms with Crippen LogP contribution in [0.4, 0.5) is 0 Å². The molecule has 1 nitrogen and oxygen atoms in total. The lowest BCUT2D eigenvalue weighted by molar-refractivity contribution is 0.149. The Hall–Kier alpha value is -1.38. The van der Waals surface area contributed by atoms with E-state index < -0.39 is 0 Å². The predicted octanol–water partition coefficient (Wildman–Crippen LogP) is 4.68. The number of rotatable bonds is 5. The number of benzene rings is 2. The van der Waals surface area contributed by atoms with Crippen molar-refractivity contribution in [2.24, 2.45) is 0 Å². The zero-order valence-electron chi connectivity index (χ0n) is 10.1. The van der Waals surface area contributed by atoms with Gasteiger partial charge in [-0.15, -0.1) is 0 Å². The number of halogens is 1. The van der Waals surface area contributed by atoms with E-state index in [9.17, 15) is 0 Å². The molecule has 0 aliphatic rings. The smallest absolute Gasteiger partial charge is 0.0721 e. The van der Waals surface area contributed by atoms with Crippen molar-refractivity contribution in [3.05, 3.63) is 76.3 Å². The molecule has 18 heavy (non-hydrogen) atoms. The van der Waals surface area contributed by atoms with Gasteiger partial charge >= 0.3 is 0 Å². The maximum absolute atomic E-state index is 5.57. The first-order valence-corrected chi connectivity index (χ1v) is 6.68. The fraction of sp³-hybridized carbons (Fsp3) is 0.125. The Bertz CT molecular complexity index is 488. The molecule has 0 amide bonds. The van der Waals surface area contributed by atoms with Crippen LogP contribution in [0.5, 0.6) is 0 Å². The molecular formula is C16H15BrO. The van der Waals surface area contributed by atoms with Crippen molar-refractivity contribution in [3.63, 3.8) is 0 Å². The minimum atomic E-state index is 0.630. The molecule has 0 unspecified atom stereocenters. The van der Waals surface area contributed by atoms with Crippen molar-refractivity contribution in [1.82, 2.24) is 0 Å². The summed E-state index contributed by atoms with van der Waals surface area (Å²) in [5.41, 5.74) is 2.39. The van der Waals surface area contributed by atoms with Crippen LogP contribution in [0.3, 0.4) is 0 Å². The third-order valence-corrected chi connectivity index (χ3v) is 3.03. The summed E-state index contributed by atoms with van der Waals surface area (Å²) in [6, 6.07) is 18.4. The number of hydrogen-bond donors (Lipinski definition) is 0. The van der Waals surface area contributed by atoms with E-state index in [0.717, 1.165) is 4.47 Å². The molecule has 0 radical (unpaired) electrons.